The zero-order chi connectivity index (χ0) is 15.5. The molecule has 4 rings (SSSR count). The molecule has 0 saturated heterocycles. The molecule has 3 aliphatic rings. The van der Waals surface area contributed by atoms with E-state index in [9.17, 15) is 9.90 Å². The van der Waals surface area contributed by atoms with Crippen LogP contribution in [0.15, 0.2) is 24.3 Å². The molecule has 3 unspecified atom stereocenters. The smallest absolute Gasteiger partial charge is 0.142 e. The summed E-state index contributed by atoms with van der Waals surface area (Å²) in [6.07, 6.45) is 5.81. The number of benzene rings is 1. The minimum atomic E-state index is -0.869. The lowest BCUT2D eigenvalue weighted by Gasteiger charge is -2.49. The van der Waals surface area contributed by atoms with Gasteiger partial charge in [0.1, 0.15) is 11.5 Å². The molecule has 0 amide bonds. The third kappa shape index (κ3) is 1.58. The summed E-state index contributed by atoms with van der Waals surface area (Å²) in [4.78, 5) is 12.3. The summed E-state index contributed by atoms with van der Waals surface area (Å²) in [5.74, 6) is 1.19. The number of ketones is 1. The molecule has 1 fully saturated rings. The second kappa shape index (κ2) is 4.45. The molecule has 0 radical (unpaired) electrons. The van der Waals surface area contributed by atoms with Crippen LogP contribution in [0.3, 0.4) is 0 Å². The van der Waals surface area contributed by atoms with Crippen molar-refractivity contribution in [3.05, 3.63) is 35.4 Å². The molecule has 0 aromatic heterocycles. The molecule has 0 aliphatic heterocycles. The van der Waals surface area contributed by atoms with Crippen molar-refractivity contribution in [2.24, 2.45) is 11.3 Å². The molecular weight excluding hydrogens is 276 g/mol. The first-order valence-electron chi connectivity index (χ1n) is 8.12. The number of fused-ring (bicyclic) bond motifs is 5. The lowest BCUT2D eigenvalue weighted by atomic mass is 9.57. The number of allylic oxidation sites excluding steroid dienone is 1. The van der Waals surface area contributed by atoms with Gasteiger partial charge >= 0.3 is 0 Å². The molecule has 0 spiro atoms. The Labute approximate surface area is 131 Å². The molecule has 1 N–H and O–H groups in total. The maximum absolute atomic E-state index is 12.3. The van der Waals surface area contributed by atoms with Gasteiger partial charge in [0.05, 0.1) is 18.1 Å². The van der Waals surface area contributed by atoms with Crippen LogP contribution in [0.5, 0.6) is 5.75 Å². The Balaban J connectivity index is 1.83. The summed E-state index contributed by atoms with van der Waals surface area (Å²) in [6, 6.07) is 6.19. The first-order chi connectivity index (χ1) is 10.5. The van der Waals surface area contributed by atoms with Gasteiger partial charge < -0.3 is 9.84 Å². The van der Waals surface area contributed by atoms with Gasteiger partial charge in [0.2, 0.25) is 0 Å². The average Bonchev–Trinajstić information content (AvgIpc) is 2.78. The molecule has 0 bridgehead atoms. The van der Waals surface area contributed by atoms with Crippen molar-refractivity contribution in [3.63, 3.8) is 0 Å². The van der Waals surface area contributed by atoms with Crippen LogP contribution in [-0.4, -0.2) is 23.6 Å². The summed E-state index contributed by atoms with van der Waals surface area (Å²) in [5, 5.41) is 11.4. The van der Waals surface area contributed by atoms with Crippen molar-refractivity contribution in [1.82, 2.24) is 0 Å². The first-order valence-corrected chi connectivity index (χ1v) is 8.12. The predicted octanol–water partition coefficient (Wildman–Crippen LogP) is 3.15. The second-order valence-corrected chi connectivity index (χ2v) is 7.16. The van der Waals surface area contributed by atoms with Crippen LogP contribution in [0.2, 0.25) is 0 Å². The lowest BCUT2D eigenvalue weighted by Crippen LogP contribution is -2.53. The SMILES string of the molecule is COc1ccc2c(c1)CCC1C2=CCC2(C)C(=O)CCC12O. The van der Waals surface area contributed by atoms with Crippen LogP contribution in [0.4, 0.5) is 0 Å². The molecule has 22 heavy (non-hydrogen) atoms. The Hall–Kier alpha value is -1.61. The fourth-order valence-electron chi connectivity index (χ4n) is 4.84. The number of methoxy groups -OCH3 is 1. The van der Waals surface area contributed by atoms with Gasteiger partial charge in [-0.15, -0.1) is 0 Å². The Bertz CT molecular complexity index is 690. The van der Waals surface area contributed by atoms with Crippen molar-refractivity contribution in [1.29, 1.82) is 0 Å². The Kier molecular flexibility index (Phi) is 2.83. The molecule has 3 nitrogen and oxygen atoms in total. The number of rotatable bonds is 1. The molecule has 116 valence electrons. The number of carbonyl (C=O) groups excluding carboxylic acids is 1. The largest absolute Gasteiger partial charge is 0.497 e. The van der Waals surface area contributed by atoms with E-state index in [2.05, 4.69) is 18.2 Å². The van der Waals surface area contributed by atoms with E-state index >= 15 is 0 Å². The summed E-state index contributed by atoms with van der Waals surface area (Å²) in [5.41, 5.74) is 2.29. The number of hydrogen-bond acceptors (Lipinski definition) is 3. The van der Waals surface area contributed by atoms with Crippen LogP contribution >= 0.6 is 0 Å². The summed E-state index contributed by atoms with van der Waals surface area (Å²) >= 11 is 0. The van der Waals surface area contributed by atoms with Crippen molar-refractivity contribution in [2.45, 2.75) is 44.6 Å². The van der Waals surface area contributed by atoms with E-state index in [1.165, 1.54) is 16.7 Å². The third-order valence-electron chi connectivity index (χ3n) is 6.31. The molecule has 1 aromatic rings. The zero-order valence-corrected chi connectivity index (χ0v) is 13.2. The number of aliphatic hydroxyl groups is 1. The summed E-state index contributed by atoms with van der Waals surface area (Å²) < 4.78 is 5.32. The van der Waals surface area contributed by atoms with Crippen LogP contribution in [-0.2, 0) is 11.2 Å². The van der Waals surface area contributed by atoms with Crippen LogP contribution in [0.1, 0.15) is 43.7 Å². The van der Waals surface area contributed by atoms with Gasteiger partial charge in [0, 0.05) is 12.3 Å². The Morgan fingerprint density at radius 2 is 2.14 bits per heavy atom. The molecule has 1 aromatic carbocycles. The van der Waals surface area contributed by atoms with Crippen molar-refractivity contribution in [3.8, 4) is 5.75 Å². The van der Waals surface area contributed by atoms with E-state index in [-0.39, 0.29) is 11.7 Å². The highest BCUT2D eigenvalue weighted by molar-refractivity contribution is 5.91. The first kappa shape index (κ1) is 14.0. The number of carbonyl (C=O) groups is 1. The van der Waals surface area contributed by atoms with Crippen LogP contribution in [0, 0.1) is 11.3 Å². The van der Waals surface area contributed by atoms with E-state index in [1.54, 1.807) is 7.11 Å². The molecule has 3 atom stereocenters. The molecule has 1 saturated carbocycles. The maximum Gasteiger partial charge on any atom is 0.142 e. The highest BCUT2D eigenvalue weighted by atomic mass is 16.5. The van der Waals surface area contributed by atoms with Gasteiger partial charge in [-0.05, 0) is 61.4 Å². The van der Waals surface area contributed by atoms with Gasteiger partial charge in [-0.2, -0.15) is 0 Å². The van der Waals surface area contributed by atoms with Crippen LogP contribution < -0.4 is 4.74 Å². The van der Waals surface area contributed by atoms with Gasteiger partial charge in [-0.25, -0.2) is 0 Å². The number of hydrogen-bond donors (Lipinski definition) is 1. The van der Waals surface area contributed by atoms with E-state index in [0.717, 1.165) is 18.6 Å². The standard InChI is InChI=1S/C19H22O3/c1-18-9-7-15-14-5-4-13(22-2)11-12(14)3-6-16(15)19(18,21)10-8-17(18)20/h4-5,7,11,16,21H,3,6,8-10H2,1-2H3. The second-order valence-electron chi connectivity index (χ2n) is 7.16. The predicted molar refractivity (Wildman–Crippen MR) is 84.7 cm³/mol. The minimum Gasteiger partial charge on any atom is -0.497 e. The van der Waals surface area contributed by atoms with E-state index in [4.69, 9.17) is 4.74 Å². The lowest BCUT2D eigenvalue weighted by molar-refractivity contribution is -0.140. The third-order valence-corrected chi connectivity index (χ3v) is 6.31. The fraction of sp³-hybridized carbons (Fsp3) is 0.526. The molecule has 3 heteroatoms. The summed E-state index contributed by atoms with van der Waals surface area (Å²) in [7, 11) is 1.69. The average molecular weight is 298 g/mol. The molecule has 0 heterocycles. The number of aryl methyl sites for hydroxylation is 1. The van der Waals surface area contributed by atoms with E-state index < -0.39 is 11.0 Å². The van der Waals surface area contributed by atoms with Gasteiger partial charge in [-0.3, -0.25) is 4.79 Å². The number of ether oxygens (including phenoxy) is 1. The highest BCUT2D eigenvalue weighted by Gasteiger charge is 2.62. The Morgan fingerprint density at radius 3 is 2.91 bits per heavy atom. The van der Waals surface area contributed by atoms with E-state index in [1.807, 2.05) is 13.0 Å². The molecular formula is C19H22O3. The quantitative estimate of drug-likeness (QED) is 0.866. The molecule has 3 aliphatic carbocycles. The van der Waals surface area contributed by atoms with Crippen LogP contribution in [0.25, 0.3) is 5.57 Å². The van der Waals surface area contributed by atoms with E-state index in [0.29, 0.717) is 19.3 Å². The monoisotopic (exact) mass is 298 g/mol. The van der Waals surface area contributed by atoms with Gasteiger partial charge in [-0.1, -0.05) is 12.1 Å². The summed E-state index contributed by atoms with van der Waals surface area (Å²) in [6.45, 7) is 1.96. The van der Waals surface area contributed by atoms with Crippen molar-refractivity contribution < 1.29 is 14.6 Å². The normalized spacial score (nSPS) is 36.2. The fourth-order valence-corrected chi connectivity index (χ4v) is 4.84. The highest BCUT2D eigenvalue weighted by Crippen LogP contribution is 2.59. The number of Topliss-reactive ketones (excluding diaryl/α,β-unsaturated/α-hetero) is 1. The maximum atomic E-state index is 12.3. The van der Waals surface area contributed by atoms with Gasteiger partial charge in [0.25, 0.3) is 0 Å². The minimum absolute atomic E-state index is 0.0820. The van der Waals surface area contributed by atoms with Crippen molar-refractivity contribution >= 4 is 11.4 Å². The van der Waals surface area contributed by atoms with Crippen molar-refractivity contribution in [2.75, 3.05) is 7.11 Å². The Morgan fingerprint density at radius 1 is 1.32 bits per heavy atom. The van der Waals surface area contributed by atoms with Gasteiger partial charge in [0.15, 0.2) is 0 Å². The topological polar surface area (TPSA) is 46.5 Å². The zero-order valence-electron chi connectivity index (χ0n) is 13.2.